The Balaban J connectivity index is 1.48. The van der Waals surface area contributed by atoms with Crippen LogP contribution in [0.15, 0.2) is 33.7 Å². The van der Waals surface area contributed by atoms with Crippen LogP contribution in [0.4, 0.5) is 0 Å². The Morgan fingerprint density at radius 2 is 2.07 bits per heavy atom. The molecule has 2 aromatic heterocycles. The van der Waals surface area contributed by atoms with E-state index in [4.69, 9.17) is 9.26 Å². The Bertz CT molecular complexity index is 1160. The number of benzene rings is 1. The molecule has 1 aromatic carbocycles. The van der Waals surface area contributed by atoms with E-state index in [0.29, 0.717) is 29.1 Å². The van der Waals surface area contributed by atoms with Crippen LogP contribution in [0.25, 0.3) is 11.6 Å². The lowest BCUT2D eigenvalue weighted by Crippen LogP contribution is -2.26. The van der Waals surface area contributed by atoms with E-state index in [0.717, 1.165) is 24.1 Å². The van der Waals surface area contributed by atoms with Crippen LogP contribution in [0.3, 0.4) is 0 Å². The summed E-state index contributed by atoms with van der Waals surface area (Å²) in [7, 11) is -0.374. The third-order valence-electron chi connectivity index (χ3n) is 5.20. The summed E-state index contributed by atoms with van der Waals surface area (Å²) in [5.74, 6) is 1.92. The Hall–Kier alpha value is -2.72. The molecule has 1 fully saturated rings. The Morgan fingerprint density at radius 1 is 1.25 bits per heavy atom. The third-order valence-corrected chi connectivity index (χ3v) is 6.99. The Kier molecular flexibility index (Phi) is 3.81. The monoisotopic (exact) mass is 401 g/mol. The minimum Gasteiger partial charge on any atom is -0.497 e. The SMILES string of the molecule is COc1cccc(S(=O)(=O)N2Cc3c(-c4nc(C5CC5)no4)nn(C)c3C2)c1. The highest BCUT2D eigenvalue weighted by Crippen LogP contribution is 2.40. The van der Waals surface area contributed by atoms with Crippen molar-refractivity contribution in [1.29, 1.82) is 0 Å². The van der Waals surface area contributed by atoms with Crippen LogP contribution in [0.5, 0.6) is 5.75 Å². The summed E-state index contributed by atoms with van der Waals surface area (Å²) in [6, 6.07) is 6.48. The lowest BCUT2D eigenvalue weighted by molar-refractivity contribution is 0.407. The van der Waals surface area contributed by atoms with Crippen molar-refractivity contribution in [3.8, 4) is 17.3 Å². The number of sulfonamides is 1. The van der Waals surface area contributed by atoms with Crippen molar-refractivity contribution in [2.24, 2.45) is 7.05 Å². The van der Waals surface area contributed by atoms with Gasteiger partial charge in [0.25, 0.3) is 5.89 Å². The maximum atomic E-state index is 13.1. The van der Waals surface area contributed by atoms with Crippen molar-refractivity contribution in [1.82, 2.24) is 24.2 Å². The second-order valence-corrected chi connectivity index (χ2v) is 9.02. The molecule has 0 amide bonds. The maximum absolute atomic E-state index is 13.1. The predicted octanol–water partition coefficient (Wildman–Crippen LogP) is 2.06. The normalized spacial score (nSPS) is 17.1. The summed E-state index contributed by atoms with van der Waals surface area (Å²) in [5.41, 5.74) is 2.19. The average Bonchev–Trinajstić information content (AvgIpc) is 3.14. The van der Waals surface area contributed by atoms with Crippen molar-refractivity contribution >= 4 is 10.0 Å². The average molecular weight is 401 g/mol. The van der Waals surface area contributed by atoms with Crippen LogP contribution in [0, 0.1) is 0 Å². The molecule has 28 heavy (non-hydrogen) atoms. The molecule has 0 unspecified atom stereocenters. The van der Waals surface area contributed by atoms with Crippen molar-refractivity contribution in [2.75, 3.05) is 7.11 Å². The number of ether oxygens (including phenoxy) is 1. The molecule has 9 nitrogen and oxygen atoms in total. The summed E-state index contributed by atoms with van der Waals surface area (Å²) in [4.78, 5) is 4.66. The number of nitrogens with zero attached hydrogens (tertiary/aromatic N) is 5. The van der Waals surface area contributed by atoms with Crippen LogP contribution in [-0.4, -0.2) is 39.8 Å². The molecule has 0 atom stereocenters. The zero-order chi connectivity index (χ0) is 19.5. The zero-order valence-electron chi connectivity index (χ0n) is 15.5. The van der Waals surface area contributed by atoms with Gasteiger partial charge in [-0.3, -0.25) is 4.68 Å². The van der Waals surface area contributed by atoms with E-state index in [-0.39, 0.29) is 18.0 Å². The number of aryl methyl sites for hydroxylation is 1. The molecule has 1 aliphatic carbocycles. The quantitative estimate of drug-likeness (QED) is 0.644. The van der Waals surface area contributed by atoms with E-state index >= 15 is 0 Å². The summed E-state index contributed by atoms with van der Waals surface area (Å²) < 4.78 is 39.9. The van der Waals surface area contributed by atoms with Gasteiger partial charge in [-0.1, -0.05) is 11.2 Å². The number of fused-ring (bicyclic) bond motifs is 1. The van der Waals surface area contributed by atoms with Gasteiger partial charge in [-0.25, -0.2) is 8.42 Å². The number of hydrogen-bond acceptors (Lipinski definition) is 7. The molecule has 0 bridgehead atoms. The first kappa shape index (κ1) is 17.4. The van der Waals surface area contributed by atoms with Crippen LogP contribution >= 0.6 is 0 Å². The molecule has 146 valence electrons. The van der Waals surface area contributed by atoms with Gasteiger partial charge in [0, 0.05) is 31.1 Å². The summed E-state index contributed by atoms with van der Waals surface area (Å²) in [5, 5.41) is 8.53. The number of hydrogen-bond donors (Lipinski definition) is 0. The molecular formula is C18H19N5O4S. The fourth-order valence-electron chi connectivity index (χ4n) is 3.46. The van der Waals surface area contributed by atoms with E-state index in [1.165, 1.54) is 17.5 Å². The third kappa shape index (κ3) is 2.71. The minimum atomic E-state index is -3.68. The zero-order valence-corrected chi connectivity index (χ0v) is 16.3. The van der Waals surface area contributed by atoms with Gasteiger partial charge in [0.05, 0.1) is 24.2 Å². The molecule has 1 saturated carbocycles. The Morgan fingerprint density at radius 3 is 2.82 bits per heavy atom. The summed E-state index contributed by atoms with van der Waals surface area (Å²) in [6.07, 6.45) is 2.15. The van der Waals surface area contributed by atoms with E-state index in [1.54, 1.807) is 29.9 Å². The van der Waals surface area contributed by atoms with Gasteiger partial charge in [0.1, 0.15) is 5.75 Å². The Labute approximate surface area is 162 Å². The molecule has 1 aliphatic heterocycles. The van der Waals surface area contributed by atoms with Crippen molar-refractivity contribution < 1.29 is 17.7 Å². The molecule has 2 aliphatic rings. The molecule has 0 saturated heterocycles. The van der Waals surface area contributed by atoms with Crippen molar-refractivity contribution in [3.05, 3.63) is 41.3 Å². The van der Waals surface area contributed by atoms with Gasteiger partial charge in [0.15, 0.2) is 11.5 Å². The van der Waals surface area contributed by atoms with Crippen LogP contribution in [0.2, 0.25) is 0 Å². The summed E-state index contributed by atoms with van der Waals surface area (Å²) in [6.45, 7) is 0.446. The summed E-state index contributed by atoms with van der Waals surface area (Å²) >= 11 is 0. The van der Waals surface area contributed by atoms with E-state index in [2.05, 4.69) is 15.2 Å². The molecule has 3 heterocycles. The van der Waals surface area contributed by atoms with Gasteiger partial charge >= 0.3 is 0 Å². The molecular weight excluding hydrogens is 382 g/mol. The second kappa shape index (κ2) is 6.14. The minimum absolute atomic E-state index is 0.197. The fourth-order valence-corrected chi connectivity index (χ4v) is 4.86. The molecule has 10 heteroatoms. The topological polar surface area (TPSA) is 103 Å². The highest BCUT2D eigenvalue weighted by atomic mass is 32.2. The second-order valence-electron chi connectivity index (χ2n) is 7.08. The number of rotatable bonds is 5. The maximum Gasteiger partial charge on any atom is 0.278 e. The molecule has 0 N–H and O–H groups in total. The van der Waals surface area contributed by atoms with Gasteiger partial charge in [-0.2, -0.15) is 14.4 Å². The predicted molar refractivity (Wildman–Crippen MR) is 97.9 cm³/mol. The number of aromatic nitrogens is 4. The van der Waals surface area contributed by atoms with Gasteiger partial charge in [-0.15, -0.1) is 0 Å². The molecule has 5 rings (SSSR count). The lowest BCUT2D eigenvalue weighted by atomic mass is 10.2. The smallest absolute Gasteiger partial charge is 0.278 e. The van der Waals surface area contributed by atoms with Gasteiger partial charge in [-0.05, 0) is 25.0 Å². The molecule has 3 aromatic rings. The highest BCUT2D eigenvalue weighted by molar-refractivity contribution is 7.89. The largest absolute Gasteiger partial charge is 0.497 e. The first-order valence-corrected chi connectivity index (χ1v) is 10.4. The van der Waals surface area contributed by atoms with E-state index in [1.807, 2.05) is 0 Å². The fraction of sp³-hybridized carbons (Fsp3) is 0.389. The van der Waals surface area contributed by atoms with Gasteiger partial charge < -0.3 is 9.26 Å². The first-order valence-electron chi connectivity index (χ1n) is 9.00. The molecule has 0 spiro atoms. The standard InChI is InChI=1S/C18H19N5O4S/c1-22-15-10-23(28(24,25)13-5-3-4-12(8-13)26-2)9-14(15)16(20-22)18-19-17(21-27-18)11-6-7-11/h3-5,8,11H,6-7,9-10H2,1-2H3. The van der Waals surface area contributed by atoms with Crippen LogP contribution in [0.1, 0.15) is 35.8 Å². The highest BCUT2D eigenvalue weighted by Gasteiger charge is 2.37. The molecule has 0 radical (unpaired) electrons. The van der Waals surface area contributed by atoms with Gasteiger partial charge in [0.2, 0.25) is 10.0 Å². The van der Waals surface area contributed by atoms with Crippen LogP contribution < -0.4 is 4.74 Å². The first-order chi connectivity index (χ1) is 13.5. The van der Waals surface area contributed by atoms with Crippen molar-refractivity contribution in [2.45, 2.75) is 36.7 Å². The van der Waals surface area contributed by atoms with E-state index < -0.39 is 10.0 Å². The number of methoxy groups -OCH3 is 1. The van der Waals surface area contributed by atoms with Crippen LogP contribution in [-0.2, 0) is 30.2 Å². The lowest BCUT2D eigenvalue weighted by Gasteiger charge is -2.16. The van der Waals surface area contributed by atoms with E-state index in [9.17, 15) is 8.42 Å². The van der Waals surface area contributed by atoms with Crippen molar-refractivity contribution in [3.63, 3.8) is 0 Å².